The first-order chi connectivity index (χ1) is 5.81. The highest BCUT2D eigenvalue weighted by atomic mass is 80.0. The maximum atomic E-state index is 3.58. The molecule has 0 aromatic heterocycles. The van der Waals surface area contributed by atoms with Crippen molar-refractivity contribution in [2.24, 2.45) is 0 Å². The Balaban J connectivity index is 3.77. The van der Waals surface area contributed by atoms with E-state index in [1.165, 1.54) is 19.3 Å². The van der Waals surface area contributed by atoms with Crippen LogP contribution < -0.4 is 0 Å². The minimum atomic E-state index is -0.341. The molecule has 0 rings (SSSR count). The Kier molecular flexibility index (Phi) is 8.14. The Morgan fingerprint density at radius 1 is 1.00 bits per heavy atom. The molecule has 0 aliphatic heterocycles. The standard InChI is InChI=1S/C8H12Br5/c1-2-3-4-5-6-7(9,10)8(11,12)13/h6H,2-5H2,1H3. The summed E-state index contributed by atoms with van der Waals surface area (Å²) in [6.45, 7) is 2.21. The summed E-state index contributed by atoms with van der Waals surface area (Å²) in [7, 11) is 0. The van der Waals surface area contributed by atoms with Crippen molar-refractivity contribution < 1.29 is 0 Å². The molecule has 0 nitrogen and oxygen atoms in total. The van der Waals surface area contributed by atoms with Crippen LogP contribution in [-0.2, 0) is 0 Å². The smallest absolute Gasteiger partial charge is 0.0689 e. The Morgan fingerprint density at radius 3 is 1.92 bits per heavy atom. The SMILES string of the molecule is CCCCC[CH]C(Br)(Br)C(Br)(Br)Br. The van der Waals surface area contributed by atoms with Crippen LogP contribution in [0.1, 0.15) is 32.6 Å². The quantitative estimate of drug-likeness (QED) is 0.312. The van der Waals surface area contributed by atoms with Gasteiger partial charge in [0.1, 0.15) is 3.23 Å². The van der Waals surface area contributed by atoms with Crippen molar-refractivity contribution in [1.29, 1.82) is 0 Å². The third-order valence-corrected chi connectivity index (χ3v) is 8.49. The van der Waals surface area contributed by atoms with Gasteiger partial charge in [0, 0.05) is 0 Å². The molecule has 0 unspecified atom stereocenters. The highest BCUT2D eigenvalue weighted by Gasteiger charge is 2.42. The van der Waals surface area contributed by atoms with E-state index in [0.717, 1.165) is 6.42 Å². The molecule has 0 aliphatic carbocycles. The molecular formula is C8H12Br5. The van der Waals surface area contributed by atoms with Crippen LogP contribution in [0, 0.1) is 6.42 Å². The summed E-state index contributed by atoms with van der Waals surface area (Å²) in [5.74, 6) is 0. The van der Waals surface area contributed by atoms with Gasteiger partial charge < -0.3 is 0 Å². The van der Waals surface area contributed by atoms with Crippen LogP contribution in [-0.4, -0.2) is 5.38 Å². The van der Waals surface area contributed by atoms with Gasteiger partial charge in [-0.1, -0.05) is 106 Å². The second kappa shape index (κ2) is 6.87. The van der Waals surface area contributed by atoms with E-state index in [9.17, 15) is 0 Å². The lowest BCUT2D eigenvalue weighted by atomic mass is 10.1. The average molecular weight is 508 g/mol. The van der Waals surface area contributed by atoms with E-state index in [1.807, 2.05) is 0 Å². The normalized spacial score (nSPS) is 13.4. The zero-order valence-electron chi connectivity index (χ0n) is 7.30. The fraction of sp³-hybridized carbons (Fsp3) is 0.875. The van der Waals surface area contributed by atoms with Crippen LogP contribution in [0.3, 0.4) is 0 Å². The van der Waals surface area contributed by atoms with Gasteiger partial charge >= 0.3 is 0 Å². The molecule has 0 amide bonds. The predicted octanol–water partition coefficient (Wildman–Crippen LogP) is 6.10. The third-order valence-electron chi connectivity index (χ3n) is 1.59. The fourth-order valence-corrected chi connectivity index (χ4v) is 1.74. The molecule has 1 radical (unpaired) electrons. The molecule has 0 spiro atoms. The summed E-state index contributed by atoms with van der Waals surface area (Å²) >= 11 is 17.6. The van der Waals surface area contributed by atoms with Crippen molar-refractivity contribution in [1.82, 2.24) is 0 Å². The third kappa shape index (κ3) is 6.54. The highest BCUT2D eigenvalue weighted by molar-refractivity contribution is 9.41. The fourth-order valence-electron chi connectivity index (χ4n) is 0.793. The maximum absolute atomic E-state index is 3.58. The molecule has 0 saturated carbocycles. The molecule has 5 heteroatoms. The van der Waals surface area contributed by atoms with E-state index in [2.05, 4.69) is 93.0 Å². The Bertz CT molecular complexity index is 138. The van der Waals surface area contributed by atoms with Gasteiger partial charge in [-0.05, 0) is 12.8 Å². The van der Waals surface area contributed by atoms with Crippen LogP contribution >= 0.6 is 79.6 Å². The van der Waals surface area contributed by atoms with Gasteiger partial charge in [0.2, 0.25) is 0 Å². The van der Waals surface area contributed by atoms with Crippen molar-refractivity contribution in [3.63, 3.8) is 0 Å². The molecular weight excluding hydrogens is 496 g/mol. The van der Waals surface area contributed by atoms with Crippen molar-refractivity contribution in [3.05, 3.63) is 6.42 Å². The van der Waals surface area contributed by atoms with Crippen molar-refractivity contribution in [2.45, 2.75) is 38.0 Å². The zero-order chi connectivity index (χ0) is 10.5. The van der Waals surface area contributed by atoms with E-state index in [-0.39, 0.29) is 5.38 Å². The molecule has 0 aromatic rings. The van der Waals surface area contributed by atoms with E-state index in [0.29, 0.717) is 0 Å². The summed E-state index contributed by atoms with van der Waals surface area (Å²) < 4.78 is -0.604. The van der Waals surface area contributed by atoms with Gasteiger partial charge in [-0.3, -0.25) is 0 Å². The van der Waals surface area contributed by atoms with Gasteiger partial charge in [0.05, 0.1) is 0 Å². The summed E-state index contributed by atoms with van der Waals surface area (Å²) in [6, 6.07) is 0. The van der Waals surface area contributed by atoms with Crippen LogP contribution in [0.4, 0.5) is 0 Å². The predicted molar refractivity (Wildman–Crippen MR) is 78.5 cm³/mol. The summed E-state index contributed by atoms with van der Waals surface area (Å²) in [5, 5.41) is 0. The van der Waals surface area contributed by atoms with E-state index in [4.69, 9.17) is 0 Å². The first-order valence-corrected chi connectivity index (χ1v) is 8.06. The number of rotatable bonds is 5. The molecule has 0 N–H and O–H groups in total. The van der Waals surface area contributed by atoms with Crippen LogP contribution in [0.5, 0.6) is 0 Å². The number of halogens is 5. The summed E-state index contributed by atoms with van der Waals surface area (Å²) in [5.41, 5.74) is 0. The molecule has 0 atom stereocenters. The van der Waals surface area contributed by atoms with Gasteiger partial charge in [-0.25, -0.2) is 0 Å². The number of unbranched alkanes of at least 4 members (excludes halogenated alkanes) is 3. The molecule has 13 heavy (non-hydrogen) atoms. The molecule has 0 heterocycles. The zero-order valence-corrected chi connectivity index (χ0v) is 15.2. The Labute approximate surface area is 123 Å². The Morgan fingerprint density at radius 2 is 1.54 bits per heavy atom. The molecule has 0 fully saturated rings. The van der Waals surface area contributed by atoms with Gasteiger partial charge in [0.25, 0.3) is 0 Å². The van der Waals surface area contributed by atoms with Gasteiger partial charge in [-0.2, -0.15) is 0 Å². The van der Waals surface area contributed by atoms with E-state index in [1.54, 1.807) is 0 Å². The molecule has 0 aliphatic rings. The maximum Gasteiger partial charge on any atom is 0.160 e. The number of hydrogen-bond donors (Lipinski definition) is 0. The highest BCUT2D eigenvalue weighted by Crippen LogP contribution is 2.54. The molecule has 0 aromatic carbocycles. The minimum Gasteiger partial charge on any atom is -0.0689 e. The summed E-state index contributed by atoms with van der Waals surface area (Å²) in [4.78, 5) is 0. The topological polar surface area (TPSA) is 0 Å². The monoisotopic (exact) mass is 503 g/mol. The second-order valence-corrected chi connectivity index (χ2v) is 13.1. The average Bonchev–Trinajstić information content (AvgIpc) is 1.96. The first-order valence-electron chi connectivity index (χ1n) is 4.10. The summed E-state index contributed by atoms with van der Waals surface area (Å²) in [6.07, 6.45) is 7.06. The van der Waals surface area contributed by atoms with E-state index >= 15 is 0 Å². The van der Waals surface area contributed by atoms with Crippen molar-refractivity contribution in [3.8, 4) is 0 Å². The molecule has 0 saturated heterocycles. The lowest BCUT2D eigenvalue weighted by Crippen LogP contribution is -2.28. The van der Waals surface area contributed by atoms with Gasteiger partial charge in [0.15, 0.2) is 2.14 Å². The first kappa shape index (κ1) is 15.4. The molecule has 0 bridgehead atoms. The van der Waals surface area contributed by atoms with Crippen molar-refractivity contribution >= 4 is 79.6 Å². The largest absolute Gasteiger partial charge is 0.160 e. The number of alkyl halides is 5. The Hall–Kier alpha value is 2.40. The van der Waals surface area contributed by atoms with Crippen LogP contribution in [0.2, 0.25) is 0 Å². The number of hydrogen-bond acceptors (Lipinski definition) is 0. The lowest BCUT2D eigenvalue weighted by Gasteiger charge is -2.29. The van der Waals surface area contributed by atoms with Gasteiger partial charge in [-0.15, -0.1) is 0 Å². The van der Waals surface area contributed by atoms with E-state index < -0.39 is 0 Å². The van der Waals surface area contributed by atoms with Crippen LogP contribution in [0.25, 0.3) is 0 Å². The van der Waals surface area contributed by atoms with Crippen molar-refractivity contribution in [2.75, 3.05) is 0 Å². The second-order valence-electron chi connectivity index (χ2n) is 2.82. The minimum absolute atomic E-state index is 0.263. The van der Waals surface area contributed by atoms with Crippen LogP contribution in [0.15, 0.2) is 0 Å². The molecule has 79 valence electrons. The lowest BCUT2D eigenvalue weighted by molar-refractivity contribution is 0.696.